The van der Waals surface area contributed by atoms with Gasteiger partial charge in [0.1, 0.15) is 11.6 Å². The highest BCUT2D eigenvalue weighted by Gasteiger charge is 2.47. The second-order valence-electron chi connectivity index (χ2n) is 7.73. The number of hydrogen-bond donors (Lipinski definition) is 0. The average molecular weight is 478 g/mol. The minimum absolute atomic E-state index is 0.239. The number of fused-ring (bicyclic) bond motifs is 1. The first kappa shape index (κ1) is 21.5. The molecule has 0 amide bonds. The Bertz CT molecular complexity index is 1150. The van der Waals surface area contributed by atoms with Gasteiger partial charge in [-0.25, -0.2) is 8.78 Å². The molecule has 2 aliphatic heterocycles. The molecule has 1 fully saturated rings. The molecule has 0 saturated carbocycles. The molecule has 1 atom stereocenters. The Hall–Kier alpha value is -2.38. The Morgan fingerprint density at radius 3 is 2.25 bits per heavy atom. The zero-order chi connectivity index (χ0) is 22.3. The van der Waals surface area contributed by atoms with Crippen LogP contribution in [0.5, 0.6) is 11.5 Å². The number of halogens is 4. The number of nitrogens with zero attached hydrogens (tertiary/aromatic N) is 1. The number of rotatable bonds is 4. The summed E-state index contributed by atoms with van der Waals surface area (Å²) < 4.78 is 46.5. The van der Waals surface area contributed by atoms with E-state index in [0.717, 1.165) is 13.1 Å². The molecule has 0 aromatic heterocycles. The standard InChI is InChI=1S/C24H19Cl2F2NO3/c25-17-3-6-19(20(26)12-17)24(16-1-4-18(27)5-2-16)31-22-11-15(21(28)13-23(22)32-24)14-29-7-9-30-10-8-29/h1-6,11-13H,7-10,14H2. The van der Waals surface area contributed by atoms with E-state index in [9.17, 15) is 8.78 Å². The lowest BCUT2D eigenvalue weighted by atomic mass is 9.97. The highest BCUT2D eigenvalue weighted by atomic mass is 35.5. The molecule has 4 nitrogen and oxygen atoms in total. The Morgan fingerprint density at radius 1 is 0.875 bits per heavy atom. The largest absolute Gasteiger partial charge is 0.440 e. The van der Waals surface area contributed by atoms with Crippen LogP contribution in [0, 0.1) is 11.6 Å². The Labute approximate surface area is 194 Å². The fourth-order valence-corrected chi connectivity index (χ4v) is 4.53. The van der Waals surface area contributed by atoms with Gasteiger partial charge in [0.15, 0.2) is 11.5 Å². The van der Waals surface area contributed by atoms with E-state index >= 15 is 0 Å². The monoisotopic (exact) mass is 477 g/mol. The molecule has 0 bridgehead atoms. The van der Waals surface area contributed by atoms with E-state index in [1.165, 1.54) is 18.2 Å². The molecule has 32 heavy (non-hydrogen) atoms. The number of ether oxygens (including phenoxy) is 3. The van der Waals surface area contributed by atoms with Crippen LogP contribution in [-0.4, -0.2) is 31.2 Å². The minimum atomic E-state index is -1.51. The van der Waals surface area contributed by atoms with Crippen LogP contribution in [0.1, 0.15) is 16.7 Å². The van der Waals surface area contributed by atoms with Crippen LogP contribution in [-0.2, 0) is 17.1 Å². The van der Waals surface area contributed by atoms with Crippen molar-refractivity contribution < 1.29 is 23.0 Å². The smallest absolute Gasteiger partial charge is 0.307 e. The van der Waals surface area contributed by atoms with Crippen molar-refractivity contribution in [2.75, 3.05) is 26.3 Å². The van der Waals surface area contributed by atoms with E-state index < -0.39 is 17.4 Å². The van der Waals surface area contributed by atoms with E-state index in [0.29, 0.717) is 52.2 Å². The van der Waals surface area contributed by atoms with Crippen LogP contribution in [0.4, 0.5) is 8.78 Å². The van der Waals surface area contributed by atoms with Gasteiger partial charge in [0.2, 0.25) is 0 Å². The molecule has 3 aromatic rings. The SMILES string of the molecule is Fc1ccc(C2(c3ccc(Cl)cc3Cl)Oc3cc(F)c(CN4CCOCC4)cc3O2)cc1. The lowest BCUT2D eigenvalue weighted by Gasteiger charge is -2.29. The molecule has 1 saturated heterocycles. The fourth-order valence-electron chi connectivity index (χ4n) is 4.00. The van der Waals surface area contributed by atoms with Gasteiger partial charge < -0.3 is 14.2 Å². The van der Waals surface area contributed by atoms with E-state index in [1.54, 1.807) is 36.4 Å². The molecule has 3 aromatic carbocycles. The zero-order valence-corrected chi connectivity index (χ0v) is 18.4. The topological polar surface area (TPSA) is 30.9 Å². The summed E-state index contributed by atoms with van der Waals surface area (Å²) in [5.41, 5.74) is 1.47. The number of benzene rings is 3. The third-order valence-electron chi connectivity index (χ3n) is 5.63. The number of morpholine rings is 1. The molecule has 8 heteroatoms. The average Bonchev–Trinajstić information content (AvgIpc) is 3.14. The van der Waals surface area contributed by atoms with E-state index in [1.807, 2.05) is 0 Å². The van der Waals surface area contributed by atoms with Crippen molar-refractivity contribution in [2.45, 2.75) is 12.3 Å². The van der Waals surface area contributed by atoms with Gasteiger partial charge in [0, 0.05) is 41.9 Å². The van der Waals surface area contributed by atoms with Gasteiger partial charge in [-0.05, 0) is 48.5 Å². The molecule has 0 spiro atoms. The molecule has 1 unspecified atom stereocenters. The van der Waals surface area contributed by atoms with Gasteiger partial charge in [-0.15, -0.1) is 0 Å². The minimum Gasteiger partial charge on any atom is -0.440 e. The zero-order valence-electron chi connectivity index (χ0n) is 16.9. The van der Waals surface area contributed by atoms with Gasteiger partial charge in [-0.1, -0.05) is 23.2 Å². The third-order valence-corrected chi connectivity index (χ3v) is 6.18. The Balaban J connectivity index is 1.56. The van der Waals surface area contributed by atoms with Crippen LogP contribution < -0.4 is 9.47 Å². The molecule has 0 aliphatic carbocycles. The summed E-state index contributed by atoms with van der Waals surface area (Å²) in [5, 5.41) is 0.756. The van der Waals surface area contributed by atoms with Crippen molar-refractivity contribution in [2.24, 2.45) is 0 Å². The van der Waals surface area contributed by atoms with Crippen molar-refractivity contribution in [3.8, 4) is 11.5 Å². The Kier molecular flexibility index (Phi) is 5.72. The van der Waals surface area contributed by atoms with E-state index in [-0.39, 0.29) is 5.75 Å². The first-order chi connectivity index (χ1) is 15.4. The first-order valence-electron chi connectivity index (χ1n) is 10.2. The Morgan fingerprint density at radius 2 is 1.56 bits per heavy atom. The van der Waals surface area contributed by atoms with Gasteiger partial charge >= 0.3 is 5.79 Å². The lowest BCUT2D eigenvalue weighted by Crippen LogP contribution is -2.37. The van der Waals surface area contributed by atoms with Gasteiger partial charge in [-0.3, -0.25) is 4.90 Å². The molecule has 2 heterocycles. The fraction of sp³-hybridized carbons (Fsp3) is 0.250. The predicted molar refractivity (Wildman–Crippen MR) is 117 cm³/mol. The molecule has 0 radical (unpaired) electrons. The van der Waals surface area contributed by atoms with Crippen molar-refractivity contribution >= 4 is 23.2 Å². The van der Waals surface area contributed by atoms with Crippen molar-refractivity contribution in [1.82, 2.24) is 4.90 Å². The van der Waals surface area contributed by atoms with E-state index in [2.05, 4.69) is 4.90 Å². The van der Waals surface area contributed by atoms with Crippen LogP contribution in [0.2, 0.25) is 10.0 Å². The van der Waals surface area contributed by atoms with Crippen LogP contribution in [0.25, 0.3) is 0 Å². The van der Waals surface area contributed by atoms with Gasteiger partial charge in [0.25, 0.3) is 0 Å². The molecule has 166 valence electrons. The van der Waals surface area contributed by atoms with Crippen molar-refractivity contribution in [3.05, 3.63) is 93.0 Å². The van der Waals surface area contributed by atoms with Gasteiger partial charge in [0.05, 0.1) is 23.8 Å². The predicted octanol–water partition coefficient (Wildman–Crippen LogP) is 5.78. The van der Waals surface area contributed by atoms with Crippen LogP contribution in [0.3, 0.4) is 0 Å². The second-order valence-corrected chi connectivity index (χ2v) is 8.57. The summed E-state index contributed by atoms with van der Waals surface area (Å²) in [4.78, 5) is 2.12. The first-order valence-corrected chi connectivity index (χ1v) is 10.9. The summed E-state index contributed by atoms with van der Waals surface area (Å²) in [5.74, 6) is -1.69. The molecule has 2 aliphatic rings. The van der Waals surface area contributed by atoms with E-state index in [4.69, 9.17) is 37.4 Å². The van der Waals surface area contributed by atoms with Crippen LogP contribution in [0.15, 0.2) is 54.6 Å². The lowest BCUT2D eigenvalue weighted by molar-refractivity contribution is -0.0459. The maximum atomic E-state index is 15.0. The van der Waals surface area contributed by atoms with Crippen LogP contribution >= 0.6 is 23.2 Å². The molecular formula is C24H19Cl2F2NO3. The maximum absolute atomic E-state index is 15.0. The second kappa shape index (κ2) is 8.52. The van der Waals surface area contributed by atoms with Crippen molar-refractivity contribution in [3.63, 3.8) is 0 Å². The maximum Gasteiger partial charge on any atom is 0.307 e. The summed E-state index contributed by atoms with van der Waals surface area (Å²) in [6.07, 6.45) is 0. The molecule has 0 N–H and O–H groups in total. The third kappa shape index (κ3) is 3.92. The highest BCUT2D eigenvalue weighted by Crippen LogP contribution is 2.50. The number of hydrogen-bond acceptors (Lipinski definition) is 4. The summed E-state index contributed by atoms with van der Waals surface area (Å²) >= 11 is 12.6. The molecule has 5 rings (SSSR count). The summed E-state index contributed by atoms with van der Waals surface area (Å²) in [7, 11) is 0. The van der Waals surface area contributed by atoms with Gasteiger partial charge in [-0.2, -0.15) is 0 Å². The normalized spacial score (nSPS) is 20.5. The molecular weight excluding hydrogens is 459 g/mol. The quantitative estimate of drug-likeness (QED) is 0.476. The summed E-state index contributed by atoms with van der Waals surface area (Å²) in [6, 6.07) is 13.6. The van der Waals surface area contributed by atoms with Crippen molar-refractivity contribution in [1.29, 1.82) is 0 Å². The summed E-state index contributed by atoms with van der Waals surface area (Å²) in [6.45, 7) is 3.13. The highest BCUT2D eigenvalue weighted by molar-refractivity contribution is 6.35.